The van der Waals surface area contributed by atoms with Crippen LogP contribution in [-0.4, -0.2) is 19.8 Å². The number of hydrogen-bond donors (Lipinski definition) is 0. The molecule has 0 amide bonds. The van der Waals surface area contributed by atoms with Crippen LogP contribution in [0, 0.1) is 5.82 Å². The van der Waals surface area contributed by atoms with Gasteiger partial charge >= 0.3 is 6.36 Å². The lowest BCUT2D eigenvalue weighted by atomic mass is 10.4. The van der Waals surface area contributed by atoms with E-state index < -0.39 is 36.5 Å². The highest BCUT2D eigenvalue weighted by Crippen LogP contribution is 2.36. The van der Waals surface area contributed by atoms with Crippen molar-refractivity contribution in [2.24, 2.45) is 0 Å². The smallest absolute Gasteiger partial charge is 0.386 e. The number of rotatable bonds is 2. The number of hydrogen-bond acceptors (Lipinski definition) is 4. The van der Waals surface area contributed by atoms with Crippen LogP contribution in [0.1, 0.15) is 0 Å². The molecule has 0 unspecified atom stereocenters. The standard InChI is InChI=1S/C6HBrClF4NO3S/c7-3-2(9)1-13-5(16-6(10,11)12)4(3)17(8,14)15/h1H. The summed E-state index contributed by atoms with van der Waals surface area (Å²) in [6, 6.07) is 0. The van der Waals surface area contributed by atoms with Crippen molar-refractivity contribution in [3.05, 3.63) is 16.5 Å². The van der Waals surface area contributed by atoms with Gasteiger partial charge in [0.1, 0.15) is 0 Å². The summed E-state index contributed by atoms with van der Waals surface area (Å²) < 4.78 is 73.3. The Labute approximate surface area is 105 Å². The van der Waals surface area contributed by atoms with Gasteiger partial charge < -0.3 is 4.74 Å². The number of pyridine rings is 1. The summed E-state index contributed by atoms with van der Waals surface area (Å²) in [5, 5.41) is 0. The highest BCUT2D eigenvalue weighted by atomic mass is 79.9. The largest absolute Gasteiger partial charge is 0.574 e. The summed E-state index contributed by atoms with van der Waals surface area (Å²) in [4.78, 5) is 1.65. The van der Waals surface area contributed by atoms with Crippen molar-refractivity contribution in [2.45, 2.75) is 11.3 Å². The molecule has 4 nitrogen and oxygen atoms in total. The Hall–Kier alpha value is -0.610. The molecule has 17 heavy (non-hydrogen) atoms. The predicted octanol–water partition coefficient (Wildman–Crippen LogP) is 2.81. The van der Waals surface area contributed by atoms with Gasteiger partial charge in [0.15, 0.2) is 10.7 Å². The van der Waals surface area contributed by atoms with Gasteiger partial charge in [0.05, 0.1) is 10.7 Å². The predicted molar refractivity (Wildman–Crippen MR) is 51.6 cm³/mol. The average molecular weight is 358 g/mol. The Morgan fingerprint density at radius 2 is 1.94 bits per heavy atom. The lowest BCUT2D eigenvalue weighted by Crippen LogP contribution is -2.19. The first-order chi connectivity index (χ1) is 7.52. The second-order valence-corrected chi connectivity index (χ2v) is 5.84. The minimum Gasteiger partial charge on any atom is -0.386 e. The van der Waals surface area contributed by atoms with Gasteiger partial charge in [0.25, 0.3) is 9.05 Å². The number of alkyl halides is 3. The molecular formula is C6HBrClF4NO3S. The van der Waals surface area contributed by atoms with Crippen LogP contribution in [0.2, 0.25) is 0 Å². The third kappa shape index (κ3) is 3.68. The van der Waals surface area contributed by atoms with Gasteiger partial charge in [0.2, 0.25) is 5.88 Å². The van der Waals surface area contributed by atoms with Crippen LogP contribution < -0.4 is 4.74 Å². The second kappa shape index (κ2) is 4.58. The van der Waals surface area contributed by atoms with E-state index >= 15 is 0 Å². The Bertz CT molecular complexity index is 547. The Morgan fingerprint density at radius 3 is 2.35 bits per heavy atom. The Kier molecular flexibility index (Phi) is 3.89. The molecule has 1 aromatic rings. The average Bonchev–Trinajstić information content (AvgIpc) is 2.06. The fraction of sp³-hybridized carbons (Fsp3) is 0.167. The highest BCUT2D eigenvalue weighted by molar-refractivity contribution is 9.10. The number of halogens is 6. The molecule has 0 aliphatic heterocycles. The quantitative estimate of drug-likeness (QED) is 0.603. The van der Waals surface area contributed by atoms with Crippen LogP contribution >= 0.6 is 26.6 Å². The molecule has 0 aromatic carbocycles. The molecule has 96 valence electrons. The van der Waals surface area contributed by atoms with Crippen molar-refractivity contribution in [1.29, 1.82) is 0 Å². The molecule has 0 radical (unpaired) electrons. The van der Waals surface area contributed by atoms with E-state index in [0.29, 0.717) is 6.20 Å². The van der Waals surface area contributed by atoms with E-state index in [1.54, 1.807) is 0 Å². The first-order valence-corrected chi connectivity index (χ1v) is 6.67. The maximum Gasteiger partial charge on any atom is 0.574 e. The van der Waals surface area contributed by atoms with Gasteiger partial charge in [-0.05, 0) is 15.9 Å². The lowest BCUT2D eigenvalue weighted by molar-refractivity contribution is -0.277. The van der Waals surface area contributed by atoms with Crippen LogP contribution in [0.25, 0.3) is 0 Å². The molecule has 0 fully saturated rings. The second-order valence-electron chi connectivity index (χ2n) is 2.54. The van der Waals surface area contributed by atoms with E-state index in [-0.39, 0.29) is 0 Å². The van der Waals surface area contributed by atoms with Crippen molar-refractivity contribution >= 4 is 35.7 Å². The summed E-state index contributed by atoms with van der Waals surface area (Å²) in [7, 11) is 0.197. The van der Waals surface area contributed by atoms with Crippen molar-refractivity contribution in [1.82, 2.24) is 4.98 Å². The first-order valence-electron chi connectivity index (χ1n) is 3.57. The molecule has 0 N–H and O–H groups in total. The van der Waals surface area contributed by atoms with Gasteiger partial charge in [-0.2, -0.15) is 0 Å². The number of nitrogens with zero attached hydrogens (tertiary/aromatic N) is 1. The van der Waals surface area contributed by atoms with Gasteiger partial charge in [-0.1, -0.05) is 0 Å². The number of ether oxygens (including phenoxy) is 1. The highest BCUT2D eigenvalue weighted by Gasteiger charge is 2.36. The molecule has 1 heterocycles. The summed E-state index contributed by atoms with van der Waals surface area (Å²) >= 11 is 2.45. The molecule has 0 atom stereocenters. The van der Waals surface area contributed by atoms with Crippen molar-refractivity contribution in [3.63, 3.8) is 0 Å². The molecule has 0 aliphatic rings. The molecule has 1 aromatic heterocycles. The zero-order valence-corrected chi connectivity index (χ0v) is 10.6. The molecule has 0 bridgehead atoms. The van der Waals surface area contributed by atoms with Crippen molar-refractivity contribution < 1.29 is 30.7 Å². The molecule has 0 aliphatic carbocycles. The van der Waals surface area contributed by atoms with E-state index in [1.807, 2.05) is 0 Å². The third-order valence-electron chi connectivity index (χ3n) is 1.35. The third-order valence-corrected chi connectivity index (χ3v) is 3.72. The summed E-state index contributed by atoms with van der Waals surface area (Å²) in [5.74, 6) is -2.56. The Morgan fingerprint density at radius 1 is 1.41 bits per heavy atom. The zero-order valence-electron chi connectivity index (χ0n) is 7.43. The summed E-state index contributed by atoms with van der Waals surface area (Å²) in [6.07, 6.45) is -4.82. The van der Waals surface area contributed by atoms with E-state index in [9.17, 15) is 26.0 Å². The molecule has 11 heteroatoms. The first kappa shape index (κ1) is 14.5. The summed E-state index contributed by atoms with van der Waals surface area (Å²) in [6.45, 7) is 0. The topological polar surface area (TPSA) is 56.3 Å². The van der Waals surface area contributed by atoms with Crippen LogP contribution in [0.4, 0.5) is 17.6 Å². The van der Waals surface area contributed by atoms with Crippen LogP contribution in [0.3, 0.4) is 0 Å². The zero-order chi connectivity index (χ0) is 13.4. The van der Waals surface area contributed by atoms with Gasteiger partial charge in [-0.25, -0.2) is 17.8 Å². The molecule has 1 rings (SSSR count). The van der Waals surface area contributed by atoms with Crippen molar-refractivity contribution in [2.75, 3.05) is 0 Å². The minimum atomic E-state index is -5.18. The maximum absolute atomic E-state index is 13.0. The fourth-order valence-corrected chi connectivity index (χ4v) is 3.06. The van der Waals surface area contributed by atoms with E-state index in [0.717, 1.165) is 0 Å². The van der Waals surface area contributed by atoms with Crippen LogP contribution in [0.5, 0.6) is 5.88 Å². The van der Waals surface area contributed by atoms with E-state index in [1.165, 1.54) is 0 Å². The maximum atomic E-state index is 13.0. The van der Waals surface area contributed by atoms with Gasteiger partial charge in [-0.3, -0.25) is 0 Å². The normalized spacial score (nSPS) is 12.6. The van der Waals surface area contributed by atoms with E-state index in [2.05, 4.69) is 25.7 Å². The lowest BCUT2D eigenvalue weighted by Gasteiger charge is -2.11. The molecule has 0 saturated heterocycles. The SMILES string of the molecule is O=S(=O)(Cl)c1c(OC(F)(F)F)ncc(F)c1Br. The van der Waals surface area contributed by atoms with Gasteiger partial charge in [0, 0.05) is 10.7 Å². The van der Waals surface area contributed by atoms with Crippen molar-refractivity contribution in [3.8, 4) is 5.88 Å². The van der Waals surface area contributed by atoms with Crippen LogP contribution in [0.15, 0.2) is 15.6 Å². The number of aromatic nitrogens is 1. The molecule has 0 spiro atoms. The van der Waals surface area contributed by atoms with Gasteiger partial charge in [-0.15, -0.1) is 13.2 Å². The Balaban J connectivity index is 3.47. The fourth-order valence-electron chi connectivity index (χ4n) is 0.827. The van der Waals surface area contributed by atoms with Crippen LogP contribution in [-0.2, 0) is 9.05 Å². The monoisotopic (exact) mass is 357 g/mol. The molecule has 0 saturated carbocycles. The molecular weight excluding hydrogens is 357 g/mol. The minimum absolute atomic E-state index is 0.358. The summed E-state index contributed by atoms with van der Waals surface area (Å²) in [5.41, 5.74) is 0. The van der Waals surface area contributed by atoms with E-state index in [4.69, 9.17) is 10.7 Å².